The van der Waals surface area contributed by atoms with Gasteiger partial charge in [-0.05, 0) is 35.2 Å². The molecule has 1 unspecified atom stereocenters. The first kappa shape index (κ1) is 28.1. The summed E-state index contributed by atoms with van der Waals surface area (Å²) < 4.78 is 5.10. The Morgan fingerprint density at radius 2 is 1.69 bits per heavy atom. The van der Waals surface area contributed by atoms with Gasteiger partial charge >= 0.3 is 18.0 Å². The van der Waals surface area contributed by atoms with Gasteiger partial charge in [-0.15, -0.1) is 0 Å². The Hall–Kier alpha value is -4.19. The molecule has 0 aliphatic rings. The van der Waals surface area contributed by atoms with Crippen LogP contribution in [0.25, 0.3) is 11.1 Å². The zero-order chi connectivity index (χ0) is 27.0. The summed E-state index contributed by atoms with van der Waals surface area (Å²) in [4.78, 5) is 47.8. The lowest BCUT2D eigenvalue weighted by atomic mass is 9.98. The minimum atomic E-state index is -1.84. The van der Waals surface area contributed by atoms with E-state index < -0.39 is 41.6 Å². The second-order valence-corrected chi connectivity index (χ2v) is 8.53. The van der Waals surface area contributed by atoms with Crippen molar-refractivity contribution in [1.29, 1.82) is 0 Å². The third-order valence-electron chi connectivity index (χ3n) is 5.25. The summed E-state index contributed by atoms with van der Waals surface area (Å²) in [5.74, 6) is -2.40. The Bertz CT molecular complexity index is 1100. The molecule has 0 aliphatic carbocycles. The van der Waals surface area contributed by atoms with Crippen LogP contribution in [-0.2, 0) is 16.0 Å². The number of urea groups is 1. The van der Waals surface area contributed by atoms with E-state index in [0.717, 1.165) is 4.90 Å². The second kappa shape index (κ2) is 12.5. The number of carbonyl (C=O) groups excluding carboxylic acids is 1. The van der Waals surface area contributed by atoms with Crippen molar-refractivity contribution in [2.75, 3.05) is 20.2 Å². The van der Waals surface area contributed by atoms with Crippen LogP contribution in [0.1, 0.15) is 19.4 Å². The fraction of sp³-hybridized carbons (Fsp3) is 0.375. The van der Waals surface area contributed by atoms with Crippen molar-refractivity contribution in [1.82, 2.24) is 10.2 Å². The Morgan fingerprint density at radius 3 is 2.19 bits per heavy atom. The number of nitrogens with one attached hydrogen (secondary N) is 1. The number of benzene rings is 2. The van der Waals surface area contributed by atoms with Gasteiger partial charge in [0.05, 0.1) is 24.1 Å². The van der Waals surface area contributed by atoms with Crippen molar-refractivity contribution in [2.45, 2.75) is 32.4 Å². The lowest BCUT2D eigenvalue weighted by Crippen LogP contribution is -2.52. The summed E-state index contributed by atoms with van der Waals surface area (Å²) in [5.41, 5.74) is 0.957. The molecule has 0 saturated carbocycles. The van der Waals surface area contributed by atoms with Crippen LogP contribution in [-0.4, -0.2) is 75.5 Å². The van der Waals surface area contributed by atoms with Gasteiger partial charge in [-0.2, -0.15) is 0 Å². The topological polar surface area (TPSA) is 180 Å². The fourth-order valence-corrected chi connectivity index (χ4v) is 3.51. The number of amides is 2. The number of nitro groups is 1. The number of carboxylic acids is 2. The van der Waals surface area contributed by atoms with E-state index >= 15 is 0 Å². The van der Waals surface area contributed by atoms with Gasteiger partial charge in [0, 0.05) is 19.0 Å². The number of carbonyl (C=O) groups is 3. The van der Waals surface area contributed by atoms with Crippen LogP contribution in [0.3, 0.4) is 0 Å². The van der Waals surface area contributed by atoms with E-state index in [-0.39, 0.29) is 24.6 Å². The van der Waals surface area contributed by atoms with E-state index in [4.69, 9.17) is 9.84 Å². The summed E-state index contributed by atoms with van der Waals surface area (Å²) >= 11 is 0. The van der Waals surface area contributed by atoms with Crippen molar-refractivity contribution in [2.24, 2.45) is 5.92 Å². The van der Waals surface area contributed by atoms with Gasteiger partial charge < -0.3 is 30.3 Å². The first-order valence-electron chi connectivity index (χ1n) is 11.0. The number of aliphatic hydroxyl groups excluding tert-OH is 1. The Kier molecular flexibility index (Phi) is 9.74. The van der Waals surface area contributed by atoms with Crippen LogP contribution in [0, 0.1) is 16.0 Å². The van der Waals surface area contributed by atoms with E-state index in [1.165, 1.54) is 25.3 Å². The SMILES string of the molecule is COc1ccc(-c2ccc(C[C@H](NC(=O)N(CC(C)C)CC(O)C(=O)O)C(=O)O)cc2[N+](=O)[O-])cc1. The zero-order valence-corrected chi connectivity index (χ0v) is 20.1. The van der Waals surface area contributed by atoms with Crippen molar-refractivity contribution in [3.63, 3.8) is 0 Å². The van der Waals surface area contributed by atoms with E-state index in [2.05, 4.69) is 5.32 Å². The molecule has 2 atom stereocenters. The molecule has 0 saturated heterocycles. The molecule has 12 nitrogen and oxygen atoms in total. The molecule has 2 aromatic rings. The van der Waals surface area contributed by atoms with Crippen molar-refractivity contribution in [3.05, 3.63) is 58.1 Å². The monoisotopic (exact) mass is 503 g/mol. The average Bonchev–Trinajstić information content (AvgIpc) is 2.82. The van der Waals surface area contributed by atoms with Crippen molar-refractivity contribution < 1.29 is 39.4 Å². The molecule has 0 spiro atoms. The zero-order valence-electron chi connectivity index (χ0n) is 20.1. The number of aliphatic carboxylic acids is 2. The lowest BCUT2D eigenvalue weighted by molar-refractivity contribution is -0.384. The molecule has 36 heavy (non-hydrogen) atoms. The molecule has 2 aromatic carbocycles. The highest BCUT2D eigenvalue weighted by Gasteiger charge is 2.28. The molecule has 0 bridgehead atoms. The molecular weight excluding hydrogens is 474 g/mol. The molecule has 194 valence electrons. The van der Waals surface area contributed by atoms with E-state index in [9.17, 15) is 34.7 Å². The molecular formula is C24H29N3O9. The maximum atomic E-state index is 12.7. The number of nitro benzene ring substituents is 1. The largest absolute Gasteiger partial charge is 0.497 e. The number of ether oxygens (including phenoxy) is 1. The predicted octanol–water partition coefficient (Wildman–Crippen LogP) is 2.38. The van der Waals surface area contributed by atoms with Gasteiger partial charge in [0.2, 0.25) is 0 Å². The highest BCUT2D eigenvalue weighted by Crippen LogP contribution is 2.32. The maximum absolute atomic E-state index is 12.7. The van der Waals surface area contributed by atoms with Crippen LogP contribution in [0.4, 0.5) is 10.5 Å². The average molecular weight is 504 g/mol. The number of nitrogens with zero attached hydrogens (tertiary/aromatic N) is 2. The molecule has 0 radical (unpaired) electrons. The summed E-state index contributed by atoms with van der Waals surface area (Å²) in [7, 11) is 1.50. The maximum Gasteiger partial charge on any atom is 0.334 e. The third-order valence-corrected chi connectivity index (χ3v) is 5.25. The number of aliphatic hydroxyl groups is 1. The molecule has 12 heteroatoms. The van der Waals surface area contributed by atoms with Gasteiger partial charge in [0.1, 0.15) is 11.8 Å². The predicted molar refractivity (Wildman–Crippen MR) is 129 cm³/mol. The minimum Gasteiger partial charge on any atom is -0.497 e. The quantitative estimate of drug-likeness (QED) is 0.250. The standard InChI is InChI=1S/C24H29N3O9/c1-14(2)12-26(13-21(28)23(31)32)24(33)25-19(22(29)30)10-15-4-9-18(20(11-15)27(34)35)16-5-7-17(36-3)8-6-16/h4-9,11,14,19,21,28H,10,12-13H2,1-3H3,(H,25,33)(H,29,30)(H,31,32)/t19-,21?/m0/s1. The molecule has 4 N–H and O–H groups in total. The number of hydrogen-bond donors (Lipinski definition) is 4. The Balaban J connectivity index is 2.27. The Labute approximate surface area is 207 Å². The van der Waals surface area contributed by atoms with Gasteiger partial charge in [-0.1, -0.05) is 32.0 Å². The van der Waals surface area contributed by atoms with Crippen LogP contribution in [0.5, 0.6) is 5.75 Å². The van der Waals surface area contributed by atoms with Crippen molar-refractivity contribution in [3.8, 4) is 16.9 Å². The molecule has 0 fully saturated rings. The highest BCUT2D eigenvalue weighted by molar-refractivity contribution is 5.83. The van der Waals surface area contributed by atoms with E-state index in [1.807, 2.05) is 0 Å². The van der Waals surface area contributed by atoms with Crippen LogP contribution < -0.4 is 10.1 Å². The molecule has 0 aromatic heterocycles. The second-order valence-electron chi connectivity index (χ2n) is 8.53. The molecule has 0 aliphatic heterocycles. The van der Waals surface area contributed by atoms with E-state index in [1.54, 1.807) is 38.1 Å². The van der Waals surface area contributed by atoms with Gasteiger partial charge in [0.25, 0.3) is 5.69 Å². The highest BCUT2D eigenvalue weighted by atomic mass is 16.6. The molecule has 2 rings (SSSR count). The third kappa shape index (κ3) is 7.67. The lowest BCUT2D eigenvalue weighted by Gasteiger charge is -2.27. The van der Waals surface area contributed by atoms with E-state index in [0.29, 0.717) is 22.4 Å². The summed E-state index contributed by atoms with van der Waals surface area (Å²) in [6, 6.07) is 8.61. The first-order valence-corrected chi connectivity index (χ1v) is 11.0. The fourth-order valence-electron chi connectivity index (χ4n) is 3.51. The summed E-state index contributed by atoms with van der Waals surface area (Å²) in [6.07, 6.45) is -2.10. The van der Waals surface area contributed by atoms with Crippen molar-refractivity contribution >= 4 is 23.7 Å². The summed E-state index contributed by atoms with van der Waals surface area (Å²) in [6.45, 7) is 3.08. The first-order chi connectivity index (χ1) is 16.9. The summed E-state index contributed by atoms with van der Waals surface area (Å²) in [5, 5.41) is 42.3. The van der Waals surface area contributed by atoms with Gasteiger partial charge in [-0.25, -0.2) is 14.4 Å². The number of hydrogen-bond acceptors (Lipinski definition) is 7. The normalized spacial score (nSPS) is 12.5. The van der Waals surface area contributed by atoms with Crippen LogP contribution in [0.2, 0.25) is 0 Å². The number of carboxylic acid groups (broad SMARTS) is 2. The molecule has 0 heterocycles. The Morgan fingerprint density at radius 1 is 1.06 bits per heavy atom. The van der Waals surface area contributed by atoms with Crippen LogP contribution >= 0.6 is 0 Å². The smallest absolute Gasteiger partial charge is 0.334 e. The minimum absolute atomic E-state index is 0.0740. The van der Waals surface area contributed by atoms with Gasteiger partial charge in [0.15, 0.2) is 6.10 Å². The van der Waals surface area contributed by atoms with Crippen LogP contribution in [0.15, 0.2) is 42.5 Å². The molecule has 2 amide bonds. The number of methoxy groups -OCH3 is 1. The number of rotatable bonds is 12. The van der Waals surface area contributed by atoms with Gasteiger partial charge in [-0.3, -0.25) is 10.1 Å².